The standard InChI is InChI=1S/C15H26N4/c1-5-16-14-17-11-12(2)13(18-14)19-9-6-7-15(3,4)8-10-19/h11H,5-10H2,1-4H3,(H,16,17,18). The summed E-state index contributed by atoms with van der Waals surface area (Å²) in [6, 6.07) is 0. The van der Waals surface area contributed by atoms with Crippen molar-refractivity contribution in [1.82, 2.24) is 9.97 Å². The zero-order valence-electron chi connectivity index (χ0n) is 12.7. The highest BCUT2D eigenvalue weighted by atomic mass is 15.2. The van der Waals surface area contributed by atoms with Crippen LogP contribution in [-0.4, -0.2) is 29.6 Å². The quantitative estimate of drug-likeness (QED) is 0.908. The van der Waals surface area contributed by atoms with Crippen LogP contribution in [0, 0.1) is 12.3 Å². The van der Waals surface area contributed by atoms with E-state index in [1.807, 2.05) is 6.20 Å². The second-order valence-electron chi connectivity index (χ2n) is 6.24. The molecule has 1 N–H and O–H groups in total. The van der Waals surface area contributed by atoms with Gasteiger partial charge >= 0.3 is 0 Å². The third kappa shape index (κ3) is 3.58. The van der Waals surface area contributed by atoms with Crippen LogP contribution in [0.25, 0.3) is 0 Å². The van der Waals surface area contributed by atoms with Gasteiger partial charge in [0.1, 0.15) is 5.82 Å². The van der Waals surface area contributed by atoms with Crippen LogP contribution in [0.1, 0.15) is 45.6 Å². The molecule has 0 amide bonds. The molecule has 4 heteroatoms. The Kier molecular flexibility index (Phi) is 4.27. The van der Waals surface area contributed by atoms with Gasteiger partial charge in [-0.05, 0) is 38.5 Å². The van der Waals surface area contributed by atoms with E-state index in [1.165, 1.54) is 24.8 Å². The molecule has 0 aliphatic carbocycles. The van der Waals surface area contributed by atoms with Crippen molar-refractivity contribution in [2.45, 2.75) is 47.0 Å². The Morgan fingerprint density at radius 1 is 1.32 bits per heavy atom. The predicted molar refractivity (Wildman–Crippen MR) is 80.8 cm³/mol. The summed E-state index contributed by atoms with van der Waals surface area (Å²) in [5.41, 5.74) is 1.63. The van der Waals surface area contributed by atoms with Crippen molar-refractivity contribution in [3.05, 3.63) is 11.8 Å². The van der Waals surface area contributed by atoms with Crippen LogP contribution in [0.15, 0.2) is 6.20 Å². The number of hydrogen-bond acceptors (Lipinski definition) is 4. The number of anilines is 2. The molecular formula is C15H26N4. The molecule has 4 nitrogen and oxygen atoms in total. The molecule has 1 saturated heterocycles. The first-order valence-corrected chi connectivity index (χ1v) is 7.34. The predicted octanol–water partition coefficient (Wildman–Crippen LogP) is 3.23. The first-order valence-electron chi connectivity index (χ1n) is 7.34. The maximum atomic E-state index is 4.68. The van der Waals surface area contributed by atoms with E-state index < -0.39 is 0 Å². The molecule has 2 heterocycles. The van der Waals surface area contributed by atoms with Crippen LogP contribution in [0.5, 0.6) is 0 Å². The smallest absolute Gasteiger partial charge is 0.224 e. The SMILES string of the molecule is CCNc1ncc(C)c(N2CCCC(C)(C)CC2)n1. The average Bonchev–Trinajstić information content (AvgIpc) is 2.53. The Morgan fingerprint density at radius 3 is 2.84 bits per heavy atom. The molecule has 0 spiro atoms. The highest BCUT2D eigenvalue weighted by molar-refractivity contribution is 5.49. The van der Waals surface area contributed by atoms with Gasteiger partial charge in [-0.25, -0.2) is 4.98 Å². The van der Waals surface area contributed by atoms with Crippen molar-refractivity contribution < 1.29 is 0 Å². The maximum absolute atomic E-state index is 4.68. The molecule has 1 aromatic rings. The van der Waals surface area contributed by atoms with Crippen LogP contribution in [0.2, 0.25) is 0 Å². The van der Waals surface area contributed by atoms with Crippen molar-refractivity contribution >= 4 is 11.8 Å². The molecule has 0 aromatic carbocycles. The van der Waals surface area contributed by atoms with Crippen molar-refractivity contribution in [1.29, 1.82) is 0 Å². The molecule has 0 bridgehead atoms. The molecule has 1 aromatic heterocycles. The summed E-state index contributed by atoms with van der Waals surface area (Å²) in [4.78, 5) is 11.4. The lowest BCUT2D eigenvalue weighted by Gasteiger charge is -2.25. The van der Waals surface area contributed by atoms with E-state index in [9.17, 15) is 0 Å². The monoisotopic (exact) mass is 262 g/mol. The van der Waals surface area contributed by atoms with Gasteiger partial charge in [-0.15, -0.1) is 0 Å². The Labute approximate surface area is 116 Å². The maximum Gasteiger partial charge on any atom is 0.224 e. The second-order valence-corrected chi connectivity index (χ2v) is 6.24. The van der Waals surface area contributed by atoms with Crippen molar-refractivity contribution in [2.24, 2.45) is 5.41 Å². The number of hydrogen-bond donors (Lipinski definition) is 1. The summed E-state index contributed by atoms with van der Waals surface area (Å²) in [5.74, 6) is 1.84. The van der Waals surface area contributed by atoms with E-state index in [2.05, 4.69) is 47.9 Å². The Balaban J connectivity index is 2.18. The molecule has 1 aliphatic rings. The van der Waals surface area contributed by atoms with E-state index >= 15 is 0 Å². The lowest BCUT2D eigenvalue weighted by atomic mass is 9.85. The molecule has 2 rings (SSSR count). The van der Waals surface area contributed by atoms with Crippen LogP contribution in [0.4, 0.5) is 11.8 Å². The second kappa shape index (κ2) is 5.76. The molecule has 1 aliphatic heterocycles. The topological polar surface area (TPSA) is 41.1 Å². The van der Waals surface area contributed by atoms with Gasteiger partial charge in [0.05, 0.1) is 0 Å². The zero-order valence-corrected chi connectivity index (χ0v) is 12.7. The molecule has 0 saturated carbocycles. The van der Waals surface area contributed by atoms with Crippen LogP contribution >= 0.6 is 0 Å². The molecule has 1 fully saturated rings. The first-order chi connectivity index (χ1) is 9.02. The lowest BCUT2D eigenvalue weighted by molar-refractivity contribution is 0.325. The fourth-order valence-corrected chi connectivity index (χ4v) is 2.63. The Morgan fingerprint density at radius 2 is 2.11 bits per heavy atom. The van der Waals surface area contributed by atoms with Crippen molar-refractivity contribution in [3.63, 3.8) is 0 Å². The minimum absolute atomic E-state index is 0.459. The first kappa shape index (κ1) is 14.1. The summed E-state index contributed by atoms with van der Waals surface area (Å²) in [6.07, 6.45) is 5.70. The highest BCUT2D eigenvalue weighted by Gasteiger charge is 2.24. The molecule has 0 unspecified atom stereocenters. The van der Waals surface area contributed by atoms with E-state index in [1.54, 1.807) is 0 Å². The number of nitrogens with zero attached hydrogens (tertiary/aromatic N) is 3. The van der Waals surface area contributed by atoms with Crippen LogP contribution in [0.3, 0.4) is 0 Å². The molecule has 0 radical (unpaired) electrons. The van der Waals surface area contributed by atoms with E-state index in [-0.39, 0.29) is 0 Å². The largest absolute Gasteiger partial charge is 0.356 e. The van der Waals surface area contributed by atoms with Crippen molar-refractivity contribution in [2.75, 3.05) is 29.9 Å². The Bertz CT molecular complexity index is 428. The van der Waals surface area contributed by atoms with E-state index in [0.717, 1.165) is 31.4 Å². The van der Waals surface area contributed by atoms with Gasteiger partial charge in [0, 0.05) is 31.4 Å². The zero-order chi connectivity index (χ0) is 13.9. The summed E-state index contributed by atoms with van der Waals surface area (Å²) in [7, 11) is 0. The summed E-state index contributed by atoms with van der Waals surface area (Å²) in [6.45, 7) is 12.0. The number of nitrogens with one attached hydrogen (secondary N) is 1. The minimum Gasteiger partial charge on any atom is -0.356 e. The van der Waals surface area contributed by atoms with Gasteiger partial charge in [-0.3, -0.25) is 0 Å². The van der Waals surface area contributed by atoms with Gasteiger partial charge in [0.25, 0.3) is 0 Å². The summed E-state index contributed by atoms with van der Waals surface area (Å²) < 4.78 is 0. The van der Waals surface area contributed by atoms with E-state index in [4.69, 9.17) is 0 Å². The average molecular weight is 262 g/mol. The summed E-state index contributed by atoms with van der Waals surface area (Å²) in [5, 5.41) is 3.20. The third-order valence-corrected chi connectivity index (χ3v) is 3.92. The fraction of sp³-hybridized carbons (Fsp3) is 0.733. The lowest BCUT2D eigenvalue weighted by Crippen LogP contribution is -2.27. The van der Waals surface area contributed by atoms with Gasteiger partial charge in [-0.2, -0.15) is 4.98 Å². The highest BCUT2D eigenvalue weighted by Crippen LogP contribution is 2.32. The number of aromatic nitrogens is 2. The fourth-order valence-electron chi connectivity index (χ4n) is 2.63. The molecule has 0 atom stereocenters. The Hall–Kier alpha value is -1.32. The van der Waals surface area contributed by atoms with Crippen LogP contribution in [-0.2, 0) is 0 Å². The van der Waals surface area contributed by atoms with Gasteiger partial charge < -0.3 is 10.2 Å². The molecular weight excluding hydrogens is 236 g/mol. The molecule has 106 valence electrons. The molecule has 19 heavy (non-hydrogen) atoms. The third-order valence-electron chi connectivity index (χ3n) is 3.92. The number of aryl methyl sites for hydroxylation is 1. The summed E-state index contributed by atoms with van der Waals surface area (Å²) >= 11 is 0. The van der Waals surface area contributed by atoms with Crippen LogP contribution < -0.4 is 10.2 Å². The van der Waals surface area contributed by atoms with E-state index in [0.29, 0.717) is 5.41 Å². The normalized spacial score (nSPS) is 19.1. The van der Waals surface area contributed by atoms with Gasteiger partial charge in [0.2, 0.25) is 5.95 Å². The van der Waals surface area contributed by atoms with Gasteiger partial charge in [-0.1, -0.05) is 13.8 Å². The van der Waals surface area contributed by atoms with Crippen molar-refractivity contribution in [3.8, 4) is 0 Å². The number of rotatable bonds is 3. The van der Waals surface area contributed by atoms with Gasteiger partial charge in [0.15, 0.2) is 0 Å². The minimum atomic E-state index is 0.459.